The number of fused-ring (bicyclic) bond motifs is 1. The van der Waals surface area contributed by atoms with Crippen LogP contribution in [0.25, 0.3) is 10.9 Å². The van der Waals surface area contributed by atoms with Crippen molar-refractivity contribution in [3.8, 4) is 6.07 Å². The normalized spacial score (nSPS) is 11.3. The second-order valence-electron chi connectivity index (χ2n) is 4.86. The molecule has 0 radical (unpaired) electrons. The number of nitriles is 1. The smallest absolute Gasteiger partial charge is 0.264 e. The number of thioether (sulfide) groups is 1. The molecule has 0 amide bonds. The fourth-order valence-corrected chi connectivity index (χ4v) is 3.93. The lowest BCUT2D eigenvalue weighted by atomic mass is 10.2. The zero-order valence-corrected chi connectivity index (χ0v) is 13.8. The molecule has 0 unspecified atom stereocenters. The van der Waals surface area contributed by atoms with Gasteiger partial charge in [-0.15, -0.1) is 11.8 Å². The van der Waals surface area contributed by atoms with Crippen LogP contribution in [0.3, 0.4) is 0 Å². The molecule has 1 aromatic heterocycles. The number of benzene rings is 2. The Hall–Kier alpha value is -2.43. The Morgan fingerprint density at radius 3 is 2.57 bits per heavy atom. The summed E-state index contributed by atoms with van der Waals surface area (Å²) in [5.41, 5.74) is 1.67. The van der Waals surface area contributed by atoms with Crippen molar-refractivity contribution in [3.63, 3.8) is 0 Å². The minimum Gasteiger partial charge on any atom is -0.360 e. The third-order valence-corrected chi connectivity index (χ3v) is 5.55. The summed E-state index contributed by atoms with van der Waals surface area (Å²) in [6, 6.07) is 13.9. The number of aromatic amines is 1. The fourth-order valence-electron chi connectivity index (χ4n) is 2.25. The SMILES string of the molecule is CSc1ccc2c(S(=O)(=O)Nc3ccc(C#N)cc3)c[nH]c2c1. The van der Waals surface area contributed by atoms with Crippen LogP contribution in [0.15, 0.2) is 58.5 Å². The average Bonchev–Trinajstić information content (AvgIpc) is 2.99. The Kier molecular flexibility index (Phi) is 4.03. The number of rotatable bonds is 4. The van der Waals surface area contributed by atoms with Crippen molar-refractivity contribution in [1.82, 2.24) is 4.98 Å². The molecule has 3 aromatic rings. The van der Waals surface area contributed by atoms with Gasteiger partial charge in [0.25, 0.3) is 10.0 Å². The van der Waals surface area contributed by atoms with Crippen LogP contribution in [0.4, 0.5) is 5.69 Å². The molecule has 0 spiro atoms. The van der Waals surface area contributed by atoms with Crippen LogP contribution in [0.5, 0.6) is 0 Å². The third-order valence-electron chi connectivity index (χ3n) is 3.41. The largest absolute Gasteiger partial charge is 0.360 e. The van der Waals surface area contributed by atoms with E-state index in [1.165, 1.54) is 6.20 Å². The molecule has 116 valence electrons. The zero-order chi connectivity index (χ0) is 16.4. The van der Waals surface area contributed by atoms with Gasteiger partial charge in [-0.25, -0.2) is 8.42 Å². The summed E-state index contributed by atoms with van der Waals surface area (Å²) in [5, 5.41) is 9.42. The van der Waals surface area contributed by atoms with E-state index in [1.807, 2.05) is 24.5 Å². The van der Waals surface area contributed by atoms with Crippen LogP contribution in [-0.2, 0) is 10.0 Å². The molecule has 0 bridgehead atoms. The van der Waals surface area contributed by atoms with Gasteiger partial charge < -0.3 is 4.98 Å². The van der Waals surface area contributed by atoms with Crippen LogP contribution < -0.4 is 4.72 Å². The number of hydrogen-bond donors (Lipinski definition) is 2. The maximum absolute atomic E-state index is 12.6. The van der Waals surface area contributed by atoms with E-state index < -0.39 is 10.0 Å². The van der Waals surface area contributed by atoms with Gasteiger partial charge in [-0.3, -0.25) is 4.72 Å². The fraction of sp³-hybridized carbons (Fsp3) is 0.0625. The first-order valence-electron chi connectivity index (χ1n) is 6.71. The molecule has 0 aliphatic carbocycles. The first-order chi connectivity index (χ1) is 11.0. The second-order valence-corrected chi connectivity index (χ2v) is 7.39. The molecule has 0 saturated heterocycles. The van der Waals surface area contributed by atoms with Crippen LogP contribution >= 0.6 is 11.8 Å². The molecular formula is C16H13N3O2S2. The molecule has 2 N–H and O–H groups in total. The van der Waals surface area contributed by atoms with Gasteiger partial charge in [0.1, 0.15) is 4.90 Å². The van der Waals surface area contributed by atoms with E-state index in [0.717, 1.165) is 10.4 Å². The standard InChI is InChI=1S/C16H13N3O2S2/c1-22-13-6-7-14-15(8-13)18-10-16(14)23(20,21)19-12-4-2-11(9-17)3-5-12/h2-8,10,18-19H,1H3. The third kappa shape index (κ3) is 3.04. The Morgan fingerprint density at radius 1 is 1.17 bits per heavy atom. The van der Waals surface area contributed by atoms with E-state index in [4.69, 9.17) is 5.26 Å². The van der Waals surface area contributed by atoms with Gasteiger partial charge in [-0.05, 0) is 42.7 Å². The van der Waals surface area contributed by atoms with E-state index in [-0.39, 0.29) is 4.90 Å². The molecular weight excluding hydrogens is 330 g/mol. The van der Waals surface area contributed by atoms with E-state index >= 15 is 0 Å². The second kappa shape index (κ2) is 5.99. The monoisotopic (exact) mass is 343 g/mol. The van der Waals surface area contributed by atoms with Crippen LogP contribution in [0, 0.1) is 11.3 Å². The quantitative estimate of drug-likeness (QED) is 0.709. The number of anilines is 1. The summed E-state index contributed by atoms with van der Waals surface area (Å²) in [6.07, 6.45) is 3.45. The van der Waals surface area contributed by atoms with Crippen LogP contribution in [0.1, 0.15) is 5.56 Å². The van der Waals surface area contributed by atoms with Gasteiger partial charge >= 0.3 is 0 Å². The molecule has 2 aromatic carbocycles. The maximum atomic E-state index is 12.6. The number of nitrogens with one attached hydrogen (secondary N) is 2. The molecule has 0 saturated carbocycles. The molecule has 5 nitrogen and oxygen atoms in total. The number of H-pyrrole nitrogens is 1. The Labute approximate surface area is 138 Å². The highest BCUT2D eigenvalue weighted by Crippen LogP contribution is 2.28. The number of nitrogens with zero attached hydrogens (tertiary/aromatic N) is 1. The summed E-state index contributed by atoms with van der Waals surface area (Å²) in [4.78, 5) is 4.25. The van der Waals surface area contributed by atoms with E-state index in [2.05, 4.69) is 9.71 Å². The van der Waals surface area contributed by atoms with Gasteiger partial charge in [0, 0.05) is 27.7 Å². The lowest BCUT2D eigenvalue weighted by molar-refractivity contribution is 0.602. The van der Waals surface area contributed by atoms with Crippen molar-refractivity contribution < 1.29 is 8.42 Å². The summed E-state index contributed by atoms with van der Waals surface area (Å²) < 4.78 is 27.7. The van der Waals surface area contributed by atoms with Crippen molar-refractivity contribution >= 4 is 38.4 Å². The van der Waals surface area contributed by atoms with E-state index in [9.17, 15) is 8.42 Å². The molecule has 23 heavy (non-hydrogen) atoms. The van der Waals surface area contributed by atoms with E-state index in [0.29, 0.717) is 16.6 Å². The van der Waals surface area contributed by atoms with Crippen molar-refractivity contribution in [2.24, 2.45) is 0 Å². The minimum atomic E-state index is -3.71. The Balaban J connectivity index is 1.97. The van der Waals surface area contributed by atoms with Crippen molar-refractivity contribution in [2.45, 2.75) is 9.79 Å². The van der Waals surface area contributed by atoms with Gasteiger partial charge in [-0.2, -0.15) is 5.26 Å². The van der Waals surface area contributed by atoms with Gasteiger partial charge in [0.05, 0.1) is 11.6 Å². The summed E-state index contributed by atoms with van der Waals surface area (Å²) in [7, 11) is -3.71. The van der Waals surface area contributed by atoms with Crippen molar-refractivity contribution in [2.75, 3.05) is 11.0 Å². The Bertz CT molecular complexity index is 1000. The number of hydrogen-bond acceptors (Lipinski definition) is 4. The number of sulfonamides is 1. The summed E-state index contributed by atoms with van der Waals surface area (Å²) in [6.45, 7) is 0. The van der Waals surface area contributed by atoms with Gasteiger partial charge in [-0.1, -0.05) is 6.07 Å². The lowest BCUT2D eigenvalue weighted by Gasteiger charge is -2.07. The highest BCUT2D eigenvalue weighted by atomic mass is 32.2. The molecule has 0 aliphatic rings. The van der Waals surface area contributed by atoms with Gasteiger partial charge in [0.2, 0.25) is 0 Å². The van der Waals surface area contributed by atoms with E-state index in [1.54, 1.807) is 42.1 Å². The van der Waals surface area contributed by atoms with Crippen LogP contribution in [0.2, 0.25) is 0 Å². The summed E-state index contributed by atoms with van der Waals surface area (Å²) >= 11 is 1.60. The molecule has 7 heteroatoms. The predicted octanol–water partition coefficient (Wildman–Crippen LogP) is 3.56. The topological polar surface area (TPSA) is 85.8 Å². The highest BCUT2D eigenvalue weighted by molar-refractivity contribution is 7.98. The molecule has 0 fully saturated rings. The maximum Gasteiger partial charge on any atom is 0.264 e. The van der Waals surface area contributed by atoms with Crippen molar-refractivity contribution in [3.05, 3.63) is 54.2 Å². The number of aromatic nitrogens is 1. The summed E-state index contributed by atoms with van der Waals surface area (Å²) in [5.74, 6) is 0. The van der Waals surface area contributed by atoms with Crippen molar-refractivity contribution in [1.29, 1.82) is 5.26 Å². The van der Waals surface area contributed by atoms with Gasteiger partial charge in [0.15, 0.2) is 0 Å². The molecule has 3 rings (SSSR count). The molecule has 0 aliphatic heterocycles. The molecule has 0 atom stereocenters. The van der Waals surface area contributed by atoms with Crippen LogP contribution in [-0.4, -0.2) is 19.7 Å². The highest BCUT2D eigenvalue weighted by Gasteiger charge is 2.19. The first kappa shape index (κ1) is 15.5. The lowest BCUT2D eigenvalue weighted by Crippen LogP contribution is -2.12. The zero-order valence-electron chi connectivity index (χ0n) is 12.2. The first-order valence-corrected chi connectivity index (χ1v) is 9.42. The molecule has 1 heterocycles. The minimum absolute atomic E-state index is 0.199. The predicted molar refractivity (Wildman–Crippen MR) is 92.0 cm³/mol. The average molecular weight is 343 g/mol. The Morgan fingerprint density at radius 2 is 1.91 bits per heavy atom.